The van der Waals surface area contributed by atoms with Crippen LogP contribution in [0.15, 0.2) is 11.5 Å². The Kier molecular flexibility index (Phi) is 5.30. The summed E-state index contributed by atoms with van der Waals surface area (Å²) in [6.07, 6.45) is 1.53. The largest absolute Gasteiger partial charge is 0.469 e. The molecule has 0 spiro atoms. The Labute approximate surface area is 110 Å². The Bertz CT molecular complexity index is 383. The van der Waals surface area contributed by atoms with Crippen LogP contribution in [-0.4, -0.2) is 43.3 Å². The maximum absolute atomic E-state index is 11.1. The molecule has 2 atom stereocenters. The Hall–Kier alpha value is -0.0400. The Balaban J connectivity index is 2.29. The van der Waals surface area contributed by atoms with Crippen molar-refractivity contribution in [1.82, 2.24) is 5.32 Å². The third-order valence-corrected chi connectivity index (χ3v) is 4.24. The van der Waals surface area contributed by atoms with E-state index in [1.165, 1.54) is 6.08 Å². The average Bonchev–Trinajstić information content (AvgIpc) is 2.54. The minimum atomic E-state index is -3.08. The zero-order valence-electron chi connectivity index (χ0n) is 8.23. The molecule has 0 radical (unpaired) electrons. The molecule has 8 heteroatoms. The van der Waals surface area contributed by atoms with E-state index in [0.717, 1.165) is 5.41 Å². The first kappa shape index (κ1) is 14.0. The van der Waals surface area contributed by atoms with Crippen molar-refractivity contribution in [2.45, 2.75) is 11.4 Å². The van der Waals surface area contributed by atoms with E-state index in [1.807, 2.05) is 0 Å². The number of hydrogen-bond donors (Lipinski definition) is 1. The van der Waals surface area contributed by atoms with Gasteiger partial charge < -0.3 is 10.1 Å². The molecular formula is C8H11Cl2NO3S2. The minimum absolute atomic E-state index is 0.00366. The average molecular weight is 304 g/mol. The van der Waals surface area contributed by atoms with Crippen molar-refractivity contribution in [3.05, 3.63) is 11.5 Å². The van der Waals surface area contributed by atoms with Gasteiger partial charge in [0, 0.05) is 11.3 Å². The smallest absolute Gasteiger partial charge is 0.257 e. The highest BCUT2D eigenvalue weighted by molar-refractivity contribution is 7.94. The summed E-state index contributed by atoms with van der Waals surface area (Å²) in [7, 11) is -3.08. The second-order valence-electron chi connectivity index (χ2n) is 3.26. The van der Waals surface area contributed by atoms with E-state index in [1.54, 1.807) is 0 Å². The summed E-state index contributed by atoms with van der Waals surface area (Å²) in [6, 6.07) is -0.331. The molecule has 0 aromatic heterocycles. The van der Waals surface area contributed by atoms with Crippen molar-refractivity contribution >= 4 is 50.4 Å². The first-order valence-electron chi connectivity index (χ1n) is 4.47. The van der Waals surface area contributed by atoms with E-state index in [9.17, 15) is 8.42 Å². The fraction of sp³-hybridized carbons (Fsp3) is 0.625. The maximum atomic E-state index is 11.1. The molecule has 0 unspecified atom stereocenters. The highest BCUT2D eigenvalue weighted by atomic mass is 35.5. The van der Waals surface area contributed by atoms with Crippen LogP contribution in [0.4, 0.5) is 0 Å². The SMILES string of the molecule is O=S1(=O)C=C[C@H](NC(=S)OC[C@@H](Cl)CCl)C1. The molecule has 0 saturated carbocycles. The molecule has 16 heavy (non-hydrogen) atoms. The predicted octanol–water partition coefficient (Wildman–Crippen LogP) is 1.03. The van der Waals surface area contributed by atoms with Crippen molar-refractivity contribution in [3.63, 3.8) is 0 Å². The normalized spacial score (nSPS) is 24.0. The Morgan fingerprint density at radius 3 is 2.88 bits per heavy atom. The van der Waals surface area contributed by atoms with Gasteiger partial charge in [0.1, 0.15) is 6.61 Å². The lowest BCUT2D eigenvalue weighted by Gasteiger charge is -2.14. The second kappa shape index (κ2) is 6.05. The zero-order valence-corrected chi connectivity index (χ0v) is 11.4. The van der Waals surface area contributed by atoms with Crippen LogP contribution in [0.1, 0.15) is 0 Å². The molecule has 0 aromatic carbocycles. The molecule has 1 rings (SSSR count). The fourth-order valence-corrected chi connectivity index (χ4v) is 2.68. The predicted molar refractivity (Wildman–Crippen MR) is 68.8 cm³/mol. The van der Waals surface area contributed by atoms with Crippen molar-refractivity contribution < 1.29 is 13.2 Å². The molecule has 92 valence electrons. The van der Waals surface area contributed by atoms with E-state index < -0.39 is 9.84 Å². The van der Waals surface area contributed by atoms with E-state index in [2.05, 4.69) is 5.32 Å². The van der Waals surface area contributed by atoms with Crippen molar-refractivity contribution in [2.75, 3.05) is 18.2 Å². The summed E-state index contributed by atoms with van der Waals surface area (Å²) >= 11 is 16.1. The van der Waals surface area contributed by atoms with Gasteiger partial charge in [0.15, 0.2) is 9.84 Å². The Morgan fingerprint density at radius 2 is 2.38 bits per heavy atom. The van der Waals surface area contributed by atoms with Gasteiger partial charge in [-0.2, -0.15) is 0 Å². The van der Waals surface area contributed by atoms with Gasteiger partial charge in [-0.15, -0.1) is 23.2 Å². The molecule has 0 amide bonds. The maximum Gasteiger partial charge on any atom is 0.257 e. The van der Waals surface area contributed by atoms with Gasteiger partial charge in [-0.1, -0.05) is 0 Å². The number of halogens is 2. The number of sulfone groups is 1. The lowest BCUT2D eigenvalue weighted by atomic mass is 10.3. The first-order valence-corrected chi connectivity index (χ1v) is 7.56. The Morgan fingerprint density at radius 1 is 1.69 bits per heavy atom. The van der Waals surface area contributed by atoms with Crippen LogP contribution in [-0.2, 0) is 14.6 Å². The molecule has 1 heterocycles. The van der Waals surface area contributed by atoms with Crippen LogP contribution in [0.3, 0.4) is 0 Å². The quantitative estimate of drug-likeness (QED) is 0.621. The van der Waals surface area contributed by atoms with E-state index in [0.29, 0.717) is 0 Å². The van der Waals surface area contributed by atoms with Crippen LogP contribution >= 0.6 is 35.4 Å². The number of rotatable bonds is 4. The second-order valence-corrected chi connectivity index (χ2v) is 6.49. The topological polar surface area (TPSA) is 55.4 Å². The number of thiocarbonyl (C=S) groups is 1. The molecule has 1 aliphatic heterocycles. The summed E-state index contributed by atoms with van der Waals surface area (Å²) < 4.78 is 27.3. The van der Waals surface area contributed by atoms with Crippen molar-refractivity contribution in [3.8, 4) is 0 Å². The number of nitrogens with one attached hydrogen (secondary N) is 1. The van der Waals surface area contributed by atoms with Gasteiger partial charge in [-0.25, -0.2) is 8.42 Å². The van der Waals surface area contributed by atoms with Crippen LogP contribution in [0, 0.1) is 0 Å². The monoisotopic (exact) mass is 303 g/mol. The van der Waals surface area contributed by atoms with Crippen LogP contribution < -0.4 is 5.32 Å². The molecule has 4 nitrogen and oxygen atoms in total. The van der Waals surface area contributed by atoms with E-state index in [4.69, 9.17) is 40.2 Å². The van der Waals surface area contributed by atoms with Gasteiger partial charge >= 0.3 is 0 Å². The van der Waals surface area contributed by atoms with Gasteiger partial charge in [0.2, 0.25) is 0 Å². The van der Waals surface area contributed by atoms with Gasteiger partial charge in [-0.3, -0.25) is 0 Å². The van der Waals surface area contributed by atoms with Gasteiger partial charge in [0.25, 0.3) is 5.17 Å². The van der Waals surface area contributed by atoms with Crippen LogP contribution in [0.2, 0.25) is 0 Å². The molecule has 1 aliphatic rings. The zero-order chi connectivity index (χ0) is 12.2. The summed E-state index contributed by atoms with van der Waals surface area (Å²) in [5.74, 6) is 0.262. The highest BCUT2D eigenvalue weighted by Crippen LogP contribution is 2.08. The molecule has 0 saturated heterocycles. The third kappa shape index (κ3) is 4.86. The molecule has 0 aliphatic carbocycles. The van der Waals surface area contributed by atoms with E-state index in [-0.39, 0.29) is 34.8 Å². The summed E-state index contributed by atoms with van der Waals surface area (Å²) in [6.45, 7) is 0.195. The lowest BCUT2D eigenvalue weighted by Crippen LogP contribution is -2.36. The summed E-state index contributed by atoms with van der Waals surface area (Å²) in [5.41, 5.74) is 0. The number of alkyl halides is 2. The molecule has 0 fully saturated rings. The van der Waals surface area contributed by atoms with E-state index >= 15 is 0 Å². The summed E-state index contributed by atoms with van der Waals surface area (Å²) in [5, 5.41) is 3.73. The van der Waals surface area contributed by atoms with Crippen molar-refractivity contribution in [2.24, 2.45) is 0 Å². The third-order valence-electron chi connectivity index (χ3n) is 1.80. The van der Waals surface area contributed by atoms with Crippen molar-refractivity contribution in [1.29, 1.82) is 0 Å². The fourth-order valence-electron chi connectivity index (χ4n) is 1.07. The first-order chi connectivity index (χ1) is 7.43. The van der Waals surface area contributed by atoms with Gasteiger partial charge in [-0.05, 0) is 18.3 Å². The lowest BCUT2D eigenvalue weighted by molar-refractivity contribution is 0.300. The van der Waals surface area contributed by atoms with Crippen LogP contribution in [0.25, 0.3) is 0 Å². The number of hydrogen-bond acceptors (Lipinski definition) is 4. The molecule has 1 N–H and O–H groups in total. The highest BCUT2D eigenvalue weighted by Gasteiger charge is 2.22. The van der Waals surface area contributed by atoms with Gasteiger partial charge in [0.05, 0.1) is 17.2 Å². The minimum Gasteiger partial charge on any atom is -0.469 e. The molecule has 0 aromatic rings. The summed E-state index contributed by atoms with van der Waals surface area (Å²) in [4.78, 5) is 0. The standard InChI is InChI=1S/C8H11Cl2NO3S2/c9-3-6(10)4-14-8(15)11-7-1-2-16(12,13)5-7/h1-2,6-7H,3-5H2,(H,11,15)/t6-,7-/m0/s1. The molecular weight excluding hydrogens is 293 g/mol. The van der Waals surface area contributed by atoms with Crippen LogP contribution in [0.5, 0.6) is 0 Å². The molecule has 0 bridgehead atoms. The number of ether oxygens (including phenoxy) is 1.